The van der Waals surface area contributed by atoms with Crippen LogP contribution in [0.2, 0.25) is 0 Å². The number of rotatable bonds is 14. The molecule has 2 aromatic carbocycles. The van der Waals surface area contributed by atoms with Gasteiger partial charge < -0.3 is 24.8 Å². The van der Waals surface area contributed by atoms with Crippen molar-refractivity contribution in [1.29, 1.82) is 0 Å². The number of hydrogen-bond acceptors (Lipinski definition) is 4. The molecule has 10 heteroatoms. The highest BCUT2D eigenvalue weighted by Gasteiger charge is 2.34. The predicted octanol–water partition coefficient (Wildman–Crippen LogP) is 7.01. The summed E-state index contributed by atoms with van der Waals surface area (Å²) in [5.41, 5.74) is -0.392. The molecule has 0 aliphatic heterocycles. The summed E-state index contributed by atoms with van der Waals surface area (Å²) in [5, 5.41) is 11.7. The standard InChI is InChI=1S/C30H39F3N2O5/c1-2-39-27(28(36)37)21-23-14-16-24(17-15-23)40-20-19-35(18-8-11-22-9-4-3-5-10-22)29(38)34-26-13-7-6-12-25(26)30(31,32)33/h6-7,12-17,22,27H,2-5,8-11,18-21H2,1H3,(H,34,38)(H,36,37). The summed E-state index contributed by atoms with van der Waals surface area (Å²) >= 11 is 0. The smallest absolute Gasteiger partial charge is 0.418 e. The van der Waals surface area contributed by atoms with E-state index in [0.29, 0.717) is 24.8 Å². The largest absolute Gasteiger partial charge is 0.492 e. The molecule has 1 fully saturated rings. The number of alkyl halides is 3. The number of carboxylic acids is 1. The molecule has 0 bridgehead atoms. The monoisotopic (exact) mass is 564 g/mol. The first-order chi connectivity index (χ1) is 19.2. The number of carbonyl (C=O) groups excluding carboxylic acids is 1. The van der Waals surface area contributed by atoms with Crippen molar-refractivity contribution in [3.05, 3.63) is 59.7 Å². The van der Waals surface area contributed by atoms with Gasteiger partial charge in [-0.1, -0.05) is 56.4 Å². The van der Waals surface area contributed by atoms with Gasteiger partial charge in [0, 0.05) is 19.6 Å². The second-order valence-corrected chi connectivity index (χ2v) is 10.1. The van der Waals surface area contributed by atoms with Gasteiger partial charge >= 0.3 is 18.2 Å². The summed E-state index contributed by atoms with van der Waals surface area (Å²) in [6, 6.07) is 11.3. The molecule has 0 aromatic heterocycles. The Bertz CT molecular complexity index is 1070. The van der Waals surface area contributed by atoms with E-state index >= 15 is 0 Å². The molecular weight excluding hydrogens is 525 g/mol. The van der Waals surface area contributed by atoms with E-state index in [9.17, 15) is 27.9 Å². The van der Waals surface area contributed by atoms with Crippen LogP contribution in [-0.2, 0) is 22.1 Å². The third kappa shape index (κ3) is 10.0. The Kier molecular flexibility index (Phi) is 12.1. The third-order valence-corrected chi connectivity index (χ3v) is 7.14. The van der Waals surface area contributed by atoms with Crippen molar-refractivity contribution in [3.63, 3.8) is 0 Å². The maximum atomic E-state index is 13.5. The Morgan fingerprint density at radius 2 is 1.75 bits per heavy atom. The Labute approximate surface area is 233 Å². The topological polar surface area (TPSA) is 88.1 Å². The van der Waals surface area contributed by atoms with Crippen LogP contribution in [0.1, 0.15) is 63.0 Å². The van der Waals surface area contributed by atoms with Gasteiger partial charge in [0.2, 0.25) is 0 Å². The van der Waals surface area contributed by atoms with Gasteiger partial charge in [-0.3, -0.25) is 0 Å². The van der Waals surface area contributed by atoms with Crippen LogP contribution in [0.5, 0.6) is 5.75 Å². The molecule has 1 unspecified atom stereocenters. The predicted molar refractivity (Wildman–Crippen MR) is 147 cm³/mol. The van der Waals surface area contributed by atoms with Crippen LogP contribution in [0, 0.1) is 5.92 Å². The zero-order chi connectivity index (χ0) is 29.0. The van der Waals surface area contributed by atoms with E-state index in [2.05, 4.69) is 5.32 Å². The lowest BCUT2D eigenvalue weighted by Crippen LogP contribution is -2.39. The van der Waals surface area contributed by atoms with E-state index in [4.69, 9.17) is 9.47 Å². The highest BCUT2D eigenvalue weighted by atomic mass is 19.4. The quantitative estimate of drug-likeness (QED) is 0.258. The van der Waals surface area contributed by atoms with Gasteiger partial charge in [0.25, 0.3) is 0 Å². The summed E-state index contributed by atoms with van der Waals surface area (Å²) < 4.78 is 51.4. The molecule has 2 N–H and O–H groups in total. The van der Waals surface area contributed by atoms with Crippen molar-refractivity contribution in [2.24, 2.45) is 5.92 Å². The molecule has 2 amide bonds. The summed E-state index contributed by atoms with van der Waals surface area (Å²) in [4.78, 5) is 25.9. The SMILES string of the molecule is CCOC(Cc1ccc(OCCN(CCCC2CCCCC2)C(=O)Nc2ccccc2C(F)(F)F)cc1)C(=O)O. The molecule has 7 nitrogen and oxygen atoms in total. The molecule has 3 rings (SSSR count). The Morgan fingerprint density at radius 3 is 2.40 bits per heavy atom. The molecule has 1 aliphatic carbocycles. The van der Waals surface area contributed by atoms with Crippen LogP contribution in [-0.4, -0.2) is 54.4 Å². The number of hydrogen-bond donors (Lipinski definition) is 2. The van der Waals surface area contributed by atoms with Crippen LogP contribution in [0.4, 0.5) is 23.7 Å². The lowest BCUT2D eigenvalue weighted by Gasteiger charge is -2.26. The van der Waals surface area contributed by atoms with E-state index in [1.165, 1.54) is 55.2 Å². The van der Waals surface area contributed by atoms with E-state index in [1.54, 1.807) is 31.2 Å². The van der Waals surface area contributed by atoms with Crippen LogP contribution >= 0.6 is 0 Å². The normalized spacial score (nSPS) is 14.9. The molecule has 220 valence electrons. The van der Waals surface area contributed by atoms with Crippen molar-refractivity contribution in [2.75, 3.05) is 31.6 Å². The fourth-order valence-corrected chi connectivity index (χ4v) is 5.02. The molecule has 0 spiro atoms. The number of benzene rings is 2. The minimum atomic E-state index is -4.59. The fourth-order valence-electron chi connectivity index (χ4n) is 5.02. The van der Waals surface area contributed by atoms with Crippen LogP contribution in [0.25, 0.3) is 0 Å². The van der Waals surface area contributed by atoms with Crippen LogP contribution in [0.15, 0.2) is 48.5 Å². The molecule has 2 aromatic rings. The minimum Gasteiger partial charge on any atom is -0.492 e. The van der Waals surface area contributed by atoms with Gasteiger partial charge in [-0.25, -0.2) is 9.59 Å². The first kappa shape index (κ1) is 31.3. The van der Waals surface area contributed by atoms with Crippen LogP contribution in [0.3, 0.4) is 0 Å². The maximum absolute atomic E-state index is 13.5. The number of carbonyl (C=O) groups is 2. The van der Waals surface area contributed by atoms with Crippen molar-refractivity contribution >= 4 is 17.7 Å². The average Bonchev–Trinajstić information content (AvgIpc) is 2.93. The number of ether oxygens (including phenoxy) is 2. The number of anilines is 1. The van der Waals surface area contributed by atoms with Gasteiger partial charge in [-0.15, -0.1) is 0 Å². The number of nitrogens with zero attached hydrogens (tertiary/aromatic N) is 1. The summed E-state index contributed by atoms with van der Waals surface area (Å²) in [5.74, 6) is 0.140. The van der Waals surface area contributed by atoms with E-state index in [1.807, 2.05) is 0 Å². The van der Waals surface area contributed by atoms with Gasteiger partial charge in [0.15, 0.2) is 6.10 Å². The number of aliphatic carboxylic acids is 1. The van der Waals surface area contributed by atoms with E-state index in [0.717, 1.165) is 24.5 Å². The number of nitrogens with one attached hydrogen (secondary N) is 1. The first-order valence-corrected chi connectivity index (χ1v) is 14.0. The summed E-state index contributed by atoms with van der Waals surface area (Å²) in [6.07, 6.45) is 2.51. The highest BCUT2D eigenvalue weighted by Crippen LogP contribution is 2.34. The van der Waals surface area contributed by atoms with Gasteiger partial charge in [-0.05, 0) is 55.5 Å². The van der Waals surface area contributed by atoms with E-state index < -0.39 is 29.8 Å². The zero-order valence-electron chi connectivity index (χ0n) is 22.9. The molecule has 1 atom stereocenters. The number of amides is 2. The molecular formula is C30H39F3N2O5. The Hall–Kier alpha value is -3.27. The van der Waals surface area contributed by atoms with Crippen LogP contribution < -0.4 is 10.1 Å². The molecule has 1 saturated carbocycles. The number of urea groups is 1. The third-order valence-electron chi connectivity index (χ3n) is 7.14. The second kappa shape index (κ2) is 15.5. The van der Waals surface area contributed by atoms with E-state index in [-0.39, 0.29) is 25.3 Å². The molecule has 0 radical (unpaired) electrons. The van der Waals surface area contributed by atoms with Gasteiger partial charge in [0.1, 0.15) is 12.4 Å². The lowest BCUT2D eigenvalue weighted by molar-refractivity contribution is -0.150. The Balaban J connectivity index is 1.60. The summed E-state index contributed by atoms with van der Waals surface area (Å²) in [6.45, 7) is 2.78. The first-order valence-electron chi connectivity index (χ1n) is 14.0. The number of carboxylic acid groups (broad SMARTS) is 1. The van der Waals surface area contributed by atoms with Crippen molar-refractivity contribution < 1.29 is 37.3 Å². The van der Waals surface area contributed by atoms with Crippen molar-refractivity contribution in [1.82, 2.24) is 4.90 Å². The Morgan fingerprint density at radius 1 is 1.05 bits per heavy atom. The maximum Gasteiger partial charge on any atom is 0.418 e. The minimum absolute atomic E-state index is 0.147. The lowest BCUT2D eigenvalue weighted by atomic mass is 9.86. The molecule has 1 aliphatic rings. The highest BCUT2D eigenvalue weighted by molar-refractivity contribution is 5.90. The zero-order valence-corrected chi connectivity index (χ0v) is 22.9. The van der Waals surface area contributed by atoms with Crippen molar-refractivity contribution in [3.8, 4) is 5.75 Å². The number of halogens is 3. The molecule has 0 saturated heterocycles. The van der Waals surface area contributed by atoms with Crippen molar-refractivity contribution in [2.45, 2.75) is 70.6 Å². The average molecular weight is 565 g/mol. The fraction of sp³-hybridized carbons (Fsp3) is 0.533. The second-order valence-electron chi connectivity index (χ2n) is 10.1. The summed E-state index contributed by atoms with van der Waals surface area (Å²) in [7, 11) is 0. The van der Waals surface area contributed by atoms with Gasteiger partial charge in [-0.2, -0.15) is 13.2 Å². The molecule has 0 heterocycles. The number of para-hydroxylation sites is 1. The van der Waals surface area contributed by atoms with Gasteiger partial charge in [0.05, 0.1) is 17.8 Å². The molecule has 40 heavy (non-hydrogen) atoms.